The second-order valence-corrected chi connectivity index (χ2v) is 8.77. The van der Waals surface area contributed by atoms with Gasteiger partial charge >= 0.3 is 0 Å². The summed E-state index contributed by atoms with van der Waals surface area (Å²) < 4.78 is 1.22. The molecule has 150 valence electrons. The third-order valence-electron chi connectivity index (χ3n) is 5.44. The van der Waals surface area contributed by atoms with Crippen molar-refractivity contribution >= 4 is 38.4 Å². The molecule has 0 bridgehead atoms. The van der Waals surface area contributed by atoms with Gasteiger partial charge < -0.3 is 9.80 Å². The van der Waals surface area contributed by atoms with Crippen LogP contribution < -0.4 is 4.90 Å². The molecule has 1 aromatic heterocycles. The Kier molecular flexibility index (Phi) is 5.37. The second-order valence-electron chi connectivity index (χ2n) is 7.76. The van der Waals surface area contributed by atoms with Gasteiger partial charge in [-0.3, -0.25) is 9.59 Å². The molecule has 6 heteroatoms. The van der Waals surface area contributed by atoms with Gasteiger partial charge in [-0.15, -0.1) is 0 Å². The molecular weight excluding hydrogens is 382 g/mol. The second kappa shape index (κ2) is 7.95. The van der Waals surface area contributed by atoms with Gasteiger partial charge in [0.05, 0.1) is 10.2 Å². The van der Waals surface area contributed by atoms with Crippen LogP contribution in [0, 0.1) is 0 Å². The standard InChI is InChI=1S/C23H25N3O2S/c1-15(2)19-5-4-6-20-21(19)24-23(29-20)26-13-11-25(12-14-26)22(28)18-9-7-17(8-10-18)16(3)27/h4-10,15H,11-14H2,1-3H3. The lowest BCUT2D eigenvalue weighted by Crippen LogP contribution is -2.48. The Labute approximate surface area is 175 Å². The Morgan fingerprint density at radius 3 is 2.24 bits per heavy atom. The van der Waals surface area contributed by atoms with Crippen molar-refractivity contribution in [1.29, 1.82) is 0 Å². The summed E-state index contributed by atoms with van der Waals surface area (Å²) in [5.41, 5.74) is 3.65. The zero-order chi connectivity index (χ0) is 20.5. The Morgan fingerprint density at radius 1 is 0.966 bits per heavy atom. The maximum atomic E-state index is 12.8. The van der Waals surface area contributed by atoms with Crippen molar-refractivity contribution in [3.05, 3.63) is 59.2 Å². The summed E-state index contributed by atoms with van der Waals surface area (Å²) in [5, 5.41) is 1.03. The molecule has 1 saturated heterocycles. The molecule has 1 amide bonds. The zero-order valence-electron chi connectivity index (χ0n) is 17.0. The normalized spacial score (nSPS) is 14.6. The Bertz CT molecular complexity index is 1050. The van der Waals surface area contributed by atoms with Gasteiger partial charge in [0, 0.05) is 37.3 Å². The lowest BCUT2D eigenvalue weighted by molar-refractivity contribution is 0.0746. The van der Waals surface area contributed by atoms with E-state index in [4.69, 9.17) is 4.98 Å². The number of piperazine rings is 1. The summed E-state index contributed by atoms with van der Waals surface area (Å²) in [6, 6.07) is 13.3. The van der Waals surface area contributed by atoms with E-state index in [0.29, 0.717) is 30.1 Å². The summed E-state index contributed by atoms with van der Waals surface area (Å²) in [6.45, 7) is 8.80. The van der Waals surface area contributed by atoms with Crippen LogP contribution in [0.4, 0.5) is 5.13 Å². The number of rotatable bonds is 4. The number of fused-ring (bicyclic) bond motifs is 1. The first-order valence-corrected chi connectivity index (χ1v) is 10.8. The number of para-hydroxylation sites is 1. The van der Waals surface area contributed by atoms with Gasteiger partial charge in [-0.05, 0) is 36.6 Å². The fourth-order valence-corrected chi connectivity index (χ4v) is 4.74. The zero-order valence-corrected chi connectivity index (χ0v) is 17.8. The van der Waals surface area contributed by atoms with Crippen molar-refractivity contribution in [2.45, 2.75) is 26.7 Å². The van der Waals surface area contributed by atoms with E-state index < -0.39 is 0 Å². The third-order valence-corrected chi connectivity index (χ3v) is 6.52. The molecule has 3 aromatic rings. The molecule has 5 nitrogen and oxygen atoms in total. The molecule has 2 aromatic carbocycles. The fraction of sp³-hybridized carbons (Fsp3) is 0.348. The Morgan fingerprint density at radius 2 is 1.62 bits per heavy atom. The van der Waals surface area contributed by atoms with Gasteiger partial charge in [0.25, 0.3) is 5.91 Å². The molecule has 1 aliphatic heterocycles. The maximum absolute atomic E-state index is 12.8. The van der Waals surface area contributed by atoms with E-state index in [1.54, 1.807) is 35.6 Å². The Balaban J connectivity index is 1.45. The van der Waals surface area contributed by atoms with Crippen LogP contribution in [0.5, 0.6) is 0 Å². The van der Waals surface area contributed by atoms with Crippen molar-refractivity contribution in [1.82, 2.24) is 9.88 Å². The first-order chi connectivity index (χ1) is 13.9. The van der Waals surface area contributed by atoms with Crippen molar-refractivity contribution in [2.75, 3.05) is 31.1 Å². The predicted molar refractivity (Wildman–Crippen MR) is 118 cm³/mol. The lowest BCUT2D eigenvalue weighted by Gasteiger charge is -2.34. The van der Waals surface area contributed by atoms with Gasteiger partial charge in [-0.25, -0.2) is 4.98 Å². The third kappa shape index (κ3) is 3.90. The fourth-order valence-electron chi connectivity index (χ4n) is 3.69. The van der Waals surface area contributed by atoms with E-state index in [1.807, 2.05) is 4.90 Å². The molecule has 29 heavy (non-hydrogen) atoms. The highest BCUT2D eigenvalue weighted by Gasteiger charge is 2.24. The van der Waals surface area contributed by atoms with Crippen molar-refractivity contribution in [3.63, 3.8) is 0 Å². The van der Waals surface area contributed by atoms with Crippen LogP contribution in [-0.4, -0.2) is 47.8 Å². The molecule has 1 fully saturated rings. The van der Waals surface area contributed by atoms with Gasteiger partial charge in [-0.2, -0.15) is 0 Å². The molecule has 2 heterocycles. The number of amides is 1. The highest BCUT2D eigenvalue weighted by Crippen LogP contribution is 2.33. The minimum atomic E-state index is 0.00840. The lowest BCUT2D eigenvalue weighted by atomic mass is 10.0. The van der Waals surface area contributed by atoms with E-state index in [1.165, 1.54) is 17.2 Å². The van der Waals surface area contributed by atoms with Crippen molar-refractivity contribution in [3.8, 4) is 0 Å². The number of hydrogen-bond acceptors (Lipinski definition) is 5. The maximum Gasteiger partial charge on any atom is 0.253 e. The topological polar surface area (TPSA) is 53.5 Å². The molecule has 0 unspecified atom stereocenters. The van der Waals surface area contributed by atoms with Gasteiger partial charge in [0.15, 0.2) is 10.9 Å². The number of thiazole rings is 1. The quantitative estimate of drug-likeness (QED) is 0.594. The van der Waals surface area contributed by atoms with E-state index in [-0.39, 0.29) is 11.7 Å². The SMILES string of the molecule is CC(=O)c1ccc(C(=O)N2CCN(c3nc4c(C(C)C)cccc4s3)CC2)cc1. The highest BCUT2D eigenvalue weighted by molar-refractivity contribution is 7.22. The largest absolute Gasteiger partial charge is 0.345 e. The number of carbonyl (C=O) groups excluding carboxylic acids is 2. The molecule has 0 N–H and O–H groups in total. The first kappa shape index (κ1) is 19.6. The molecule has 0 saturated carbocycles. The molecule has 0 aliphatic carbocycles. The number of nitrogens with zero attached hydrogens (tertiary/aromatic N) is 3. The van der Waals surface area contributed by atoms with Crippen LogP contribution in [0.15, 0.2) is 42.5 Å². The van der Waals surface area contributed by atoms with Crippen molar-refractivity contribution in [2.24, 2.45) is 0 Å². The minimum absolute atomic E-state index is 0.00840. The number of hydrogen-bond donors (Lipinski definition) is 0. The van der Waals surface area contributed by atoms with Crippen LogP contribution in [0.3, 0.4) is 0 Å². The summed E-state index contributed by atoms with van der Waals surface area (Å²) in [5.74, 6) is 0.470. The van der Waals surface area contributed by atoms with Crippen molar-refractivity contribution < 1.29 is 9.59 Å². The van der Waals surface area contributed by atoms with Gasteiger partial charge in [0.2, 0.25) is 0 Å². The number of aromatic nitrogens is 1. The average Bonchev–Trinajstić information content (AvgIpc) is 3.17. The molecule has 1 aliphatic rings. The number of benzene rings is 2. The molecule has 0 atom stereocenters. The smallest absolute Gasteiger partial charge is 0.253 e. The van der Waals surface area contributed by atoms with Crippen LogP contribution in [0.1, 0.15) is 53.0 Å². The molecular formula is C23H25N3O2S. The molecule has 4 rings (SSSR count). The van der Waals surface area contributed by atoms with Gasteiger partial charge in [-0.1, -0.05) is 49.4 Å². The Hall–Kier alpha value is -2.73. The summed E-state index contributed by atoms with van der Waals surface area (Å²) in [4.78, 5) is 33.3. The van der Waals surface area contributed by atoms with E-state index >= 15 is 0 Å². The number of Topliss-reactive ketones (excluding diaryl/α,β-unsaturated/α-hetero) is 1. The molecule has 0 radical (unpaired) electrons. The van der Waals surface area contributed by atoms with E-state index in [9.17, 15) is 9.59 Å². The minimum Gasteiger partial charge on any atom is -0.345 e. The number of carbonyl (C=O) groups is 2. The number of anilines is 1. The summed E-state index contributed by atoms with van der Waals surface area (Å²) in [6.07, 6.45) is 0. The summed E-state index contributed by atoms with van der Waals surface area (Å²) >= 11 is 1.73. The molecule has 0 spiro atoms. The first-order valence-electron chi connectivity index (χ1n) is 9.98. The number of ketones is 1. The van der Waals surface area contributed by atoms with Crippen LogP contribution in [0.2, 0.25) is 0 Å². The predicted octanol–water partition coefficient (Wildman–Crippen LogP) is 4.58. The van der Waals surface area contributed by atoms with Gasteiger partial charge in [0.1, 0.15) is 0 Å². The van der Waals surface area contributed by atoms with E-state index in [0.717, 1.165) is 23.7 Å². The van der Waals surface area contributed by atoms with Crippen LogP contribution in [0.25, 0.3) is 10.2 Å². The summed E-state index contributed by atoms with van der Waals surface area (Å²) in [7, 11) is 0. The highest BCUT2D eigenvalue weighted by atomic mass is 32.1. The monoisotopic (exact) mass is 407 g/mol. The van der Waals surface area contributed by atoms with Crippen LogP contribution >= 0.6 is 11.3 Å². The average molecular weight is 408 g/mol. The van der Waals surface area contributed by atoms with Crippen LogP contribution in [-0.2, 0) is 0 Å². The van der Waals surface area contributed by atoms with E-state index in [2.05, 4.69) is 36.9 Å².